The molecular formula is C23H28N6O3. The van der Waals surface area contributed by atoms with Gasteiger partial charge in [0, 0.05) is 7.05 Å². The minimum absolute atomic E-state index is 0.0732. The van der Waals surface area contributed by atoms with Crippen molar-refractivity contribution >= 4 is 28.6 Å². The number of hydrogen-bond donors (Lipinski definition) is 0. The zero-order valence-electron chi connectivity index (χ0n) is 19.5. The van der Waals surface area contributed by atoms with E-state index >= 15 is 0 Å². The molecule has 0 amide bonds. The van der Waals surface area contributed by atoms with E-state index in [-0.39, 0.29) is 24.0 Å². The van der Waals surface area contributed by atoms with Crippen LogP contribution in [0.5, 0.6) is 0 Å². The molecule has 3 heterocycles. The zero-order chi connectivity index (χ0) is 23.5. The monoisotopic (exact) mass is 436 g/mol. The van der Waals surface area contributed by atoms with Crippen LogP contribution in [-0.2, 0) is 18.4 Å². The summed E-state index contributed by atoms with van der Waals surface area (Å²) < 4.78 is 4.44. The standard InChI is InChI=1S/C23H28N6O3/c1-12-8-9-13(2)18(10-12)11-27-21(31)19-20(26(7)23(27)32)24-22-28(19)15(4)14(3)25-29(22)16(5)17(6)30/h8-10,15-16H,11H2,1-7H3/t15-,16-/m1/s1. The van der Waals surface area contributed by atoms with Crippen molar-refractivity contribution in [2.24, 2.45) is 12.1 Å². The lowest BCUT2D eigenvalue weighted by Crippen LogP contribution is -2.42. The number of anilines is 1. The molecule has 1 aliphatic heterocycles. The molecule has 9 nitrogen and oxygen atoms in total. The second kappa shape index (κ2) is 7.58. The van der Waals surface area contributed by atoms with Crippen LogP contribution in [0.25, 0.3) is 11.2 Å². The molecule has 1 aromatic carbocycles. The van der Waals surface area contributed by atoms with Gasteiger partial charge in [-0.2, -0.15) is 10.1 Å². The Bertz CT molecular complexity index is 1410. The van der Waals surface area contributed by atoms with Gasteiger partial charge < -0.3 is 0 Å². The molecule has 168 valence electrons. The molecule has 0 saturated carbocycles. The van der Waals surface area contributed by atoms with Gasteiger partial charge in [-0.05, 0) is 52.7 Å². The predicted molar refractivity (Wildman–Crippen MR) is 125 cm³/mol. The third kappa shape index (κ3) is 3.19. The van der Waals surface area contributed by atoms with Crippen molar-refractivity contribution in [3.05, 3.63) is 55.7 Å². The second-order valence-electron chi connectivity index (χ2n) is 8.67. The van der Waals surface area contributed by atoms with Crippen LogP contribution in [0.4, 0.5) is 5.95 Å². The molecule has 4 rings (SSSR count). The summed E-state index contributed by atoms with van der Waals surface area (Å²) in [5, 5.41) is 6.10. The van der Waals surface area contributed by atoms with Crippen LogP contribution in [0.15, 0.2) is 32.9 Å². The molecule has 0 spiro atoms. The van der Waals surface area contributed by atoms with Gasteiger partial charge in [-0.1, -0.05) is 23.8 Å². The number of hydrazone groups is 1. The molecule has 1 aliphatic rings. The summed E-state index contributed by atoms with van der Waals surface area (Å²) in [6.45, 7) is 11.1. The van der Waals surface area contributed by atoms with Gasteiger partial charge in [0.15, 0.2) is 16.9 Å². The smallest absolute Gasteiger partial charge is 0.298 e. The van der Waals surface area contributed by atoms with E-state index in [0.29, 0.717) is 11.5 Å². The van der Waals surface area contributed by atoms with Crippen molar-refractivity contribution in [3.63, 3.8) is 0 Å². The Kier molecular flexibility index (Phi) is 5.15. The van der Waals surface area contributed by atoms with E-state index in [9.17, 15) is 14.4 Å². The Morgan fingerprint density at radius 2 is 1.88 bits per heavy atom. The number of aryl methyl sites for hydroxylation is 3. The molecule has 2 atom stereocenters. The number of ketones is 1. The fourth-order valence-electron chi connectivity index (χ4n) is 4.05. The van der Waals surface area contributed by atoms with Crippen LogP contribution < -0.4 is 16.3 Å². The van der Waals surface area contributed by atoms with Gasteiger partial charge in [-0.25, -0.2) is 9.80 Å². The highest BCUT2D eigenvalue weighted by Gasteiger charge is 2.33. The fraction of sp³-hybridized carbons (Fsp3) is 0.435. The van der Waals surface area contributed by atoms with Gasteiger partial charge in [-0.3, -0.25) is 23.3 Å². The Morgan fingerprint density at radius 3 is 2.53 bits per heavy atom. The van der Waals surface area contributed by atoms with Gasteiger partial charge in [0.1, 0.15) is 6.04 Å². The maximum atomic E-state index is 13.7. The Balaban J connectivity index is 2.01. The first-order valence-corrected chi connectivity index (χ1v) is 10.7. The number of fused-ring (bicyclic) bond motifs is 3. The lowest BCUT2D eigenvalue weighted by molar-refractivity contribution is -0.118. The minimum atomic E-state index is -0.554. The molecular weight excluding hydrogens is 408 g/mol. The van der Waals surface area contributed by atoms with Gasteiger partial charge in [0.2, 0.25) is 5.95 Å². The third-order valence-electron chi connectivity index (χ3n) is 6.41. The first-order chi connectivity index (χ1) is 15.0. The summed E-state index contributed by atoms with van der Waals surface area (Å²) in [5.74, 6) is 0.313. The lowest BCUT2D eigenvalue weighted by Gasteiger charge is -2.31. The highest BCUT2D eigenvalue weighted by Crippen LogP contribution is 2.31. The van der Waals surface area contributed by atoms with Gasteiger partial charge in [0.05, 0.1) is 18.3 Å². The summed E-state index contributed by atoms with van der Waals surface area (Å²) in [4.78, 5) is 43.5. The van der Waals surface area contributed by atoms with Gasteiger partial charge >= 0.3 is 5.69 Å². The highest BCUT2D eigenvalue weighted by molar-refractivity contribution is 5.93. The zero-order valence-corrected chi connectivity index (χ0v) is 19.5. The molecule has 0 unspecified atom stereocenters. The molecule has 0 bridgehead atoms. The van der Waals surface area contributed by atoms with Crippen LogP contribution in [-0.4, -0.2) is 36.2 Å². The van der Waals surface area contributed by atoms with E-state index in [2.05, 4.69) is 10.1 Å². The molecule has 2 aromatic heterocycles. The van der Waals surface area contributed by atoms with Crippen molar-refractivity contribution in [3.8, 4) is 0 Å². The van der Waals surface area contributed by atoms with Crippen LogP contribution in [0.3, 0.4) is 0 Å². The van der Waals surface area contributed by atoms with Crippen molar-refractivity contribution in [2.75, 3.05) is 5.01 Å². The maximum absolute atomic E-state index is 13.7. The summed E-state index contributed by atoms with van der Waals surface area (Å²) in [6, 6.07) is 5.19. The summed E-state index contributed by atoms with van der Waals surface area (Å²) in [7, 11) is 1.61. The molecule has 0 N–H and O–H groups in total. The highest BCUT2D eigenvalue weighted by atomic mass is 16.2. The lowest BCUT2D eigenvalue weighted by atomic mass is 10.1. The van der Waals surface area contributed by atoms with E-state index in [4.69, 9.17) is 0 Å². The average Bonchev–Trinajstić information content (AvgIpc) is 3.15. The number of carbonyl (C=O) groups is 1. The van der Waals surface area contributed by atoms with E-state index in [1.807, 2.05) is 45.9 Å². The van der Waals surface area contributed by atoms with E-state index < -0.39 is 17.3 Å². The average molecular weight is 437 g/mol. The topological polar surface area (TPSA) is 94.5 Å². The number of carbonyl (C=O) groups excluding carboxylic acids is 1. The van der Waals surface area contributed by atoms with Crippen LogP contribution in [0.1, 0.15) is 50.4 Å². The summed E-state index contributed by atoms with van der Waals surface area (Å²) in [6.07, 6.45) is 0. The van der Waals surface area contributed by atoms with Crippen LogP contribution in [0.2, 0.25) is 0 Å². The number of Topliss-reactive ketones (excluding diaryl/α,β-unsaturated/α-hetero) is 1. The van der Waals surface area contributed by atoms with E-state index in [0.717, 1.165) is 22.4 Å². The second-order valence-corrected chi connectivity index (χ2v) is 8.67. The van der Waals surface area contributed by atoms with Gasteiger partial charge in [0.25, 0.3) is 5.56 Å². The fourth-order valence-corrected chi connectivity index (χ4v) is 4.05. The number of imidazole rings is 1. The summed E-state index contributed by atoms with van der Waals surface area (Å²) in [5.41, 5.74) is 3.51. The quantitative estimate of drug-likeness (QED) is 0.626. The number of aromatic nitrogens is 4. The predicted octanol–water partition coefficient (Wildman–Crippen LogP) is 2.30. The number of nitrogens with zero attached hydrogens (tertiary/aromatic N) is 6. The Hall–Kier alpha value is -3.49. The molecule has 0 aliphatic carbocycles. The third-order valence-corrected chi connectivity index (χ3v) is 6.41. The maximum Gasteiger partial charge on any atom is 0.332 e. The minimum Gasteiger partial charge on any atom is -0.298 e. The normalized spacial score (nSPS) is 16.8. The van der Waals surface area contributed by atoms with E-state index in [1.54, 1.807) is 18.5 Å². The van der Waals surface area contributed by atoms with Crippen molar-refractivity contribution in [1.29, 1.82) is 0 Å². The first kappa shape index (κ1) is 21.7. The number of benzene rings is 1. The summed E-state index contributed by atoms with van der Waals surface area (Å²) >= 11 is 0. The SMILES string of the molecule is CC(=O)[C@@H](C)N1N=C(C)[C@@H](C)n2c1nc1c2c(=O)n(Cc2cc(C)ccc2C)c(=O)n1C. The molecule has 0 fully saturated rings. The van der Waals surface area contributed by atoms with Gasteiger partial charge in [-0.15, -0.1) is 0 Å². The van der Waals surface area contributed by atoms with E-state index in [1.165, 1.54) is 21.1 Å². The molecule has 0 radical (unpaired) electrons. The molecule has 9 heteroatoms. The van der Waals surface area contributed by atoms with Crippen LogP contribution >= 0.6 is 0 Å². The van der Waals surface area contributed by atoms with Crippen molar-refractivity contribution in [2.45, 2.75) is 60.2 Å². The van der Waals surface area contributed by atoms with Crippen LogP contribution in [0, 0.1) is 13.8 Å². The largest absolute Gasteiger partial charge is 0.332 e. The molecule has 32 heavy (non-hydrogen) atoms. The Morgan fingerprint density at radius 1 is 1.19 bits per heavy atom. The van der Waals surface area contributed by atoms with Crippen molar-refractivity contribution in [1.82, 2.24) is 18.7 Å². The Labute approximate surface area is 185 Å². The molecule has 0 saturated heterocycles. The first-order valence-electron chi connectivity index (χ1n) is 10.7. The molecule has 3 aromatic rings. The number of hydrogen-bond acceptors (Lipinski definition) is 6. The van der Waals surface area contributed by atoms with Crippen molar-refractivity contribution < 1.29 is 4.79 Å². The number of rotatable bonds is 4.